The van der Waals surface area contributed by atoms with Crippen LogP contribution in [0.3, 0.4) is 0 Å². The maximum absolute atomic E-state index is 9.19. The van der Waals surface area contributed by atoms with E-state index in [4.69, 9.17) is 22.4 Å². The molecule has 4 N–H and O–H groups in total. The van der Waals surface area contributed by atoms with Crippen molar-refractivity contribution in [2.75, 3.05) is 5.73 Å². The summed E-state index contributed by atoms with van der Waals surface area (Å²) in [7, 11) is 0. The Morgan fingerprint density at radius 1 is 1.45 bits per heavy atom. The molecule has 4 heteroatoms. The summed E-state index contributed by atoms with van der Waals surface area (Å²) in [5.41, 5.74) is 5.86. The molecule has 0 heterocycles. The van der Waals surface area contributed by atoms with Gasteiger partial charge in [-0.2, -0.15) is 0 Å². The number of anilines is 1. The second kappa shape index (κ2) is 2.51. The van der Waals surface area contributed by atoms with Crippen LogP contribution in [0.4, 0.5) is 5.69 Å². The minimum Gasteiger partial charge on any atom is -0.506 e. The molecule has 1 rings (SSSR count). The zero-order valence-corrected chi connectivity index (χ0v) is 6.68. The Morgan fingerprint density at radius 2 is 2.00 bits per heavy atom. The third-order valence-corrected chi connectivity index (χ3v) is 1.84. The molecule has 0 amide bonds. The molecule has 60 valence electrons. The Bertz CT molecular complexity index is 273. The van der Waals surface area contributed by atoms with Crippen molar-refractivity contribution in [1.29, 1.82) is 0 Å². The van der Waals surface area contributed by atoms with E-state index in [2.05, 4.69) is 0 Å². The van der Waals surface area contributed by atoms with E-state index in [0.29, 0.717) is 5.56 Å². The monoisotopic (exact) mass is 173 g/mol. The lowest BCUT2D eigenvalue weighted by Crippen LogP contribution is -1.89. The molecular weight excluding hydrogens is 166 g/mol. The van der Waals surface area contributed by atoms with Crippen molar-refractivity contribution in [2.24, 2.45) is 0 Å². The molecule has 0 aliphatic rings. The van der Waals surface area contributed by atoms with Crippen LogP contribution in [0, 0.1) is 6.92 Å². The highest BCUT2D eigenvalue weighted by Crippen LogP contribution is 2.38. The van der Waals surface area contributed by atoms with E-state index in [9.17, 15) is 5.11 Å². The molecule has 0 saturated carbocycles. The van der Waals surface area contributed by atoms with Crippen molar-refractivity contribution in [1.82, 2.24) is 0 Å². The number of halogens is 1. The van der Waals surface area contributed by atoms with Gasteiger partial charge in [0.05, 0.1) is 5.69 Å². The average molecular weight is 174 g/mol. The van der Waals surface area contributed by atoms with E-state index in [1.807, 2.05) is 0 Å². The first-order valence-corrected chi connectivity index (χ1v) is 3.38. The molecule has 0 unspecified atom stereocenters. The lowest BCUT2D eigenvalue weighted by molar-refractivity contribution is 0.459. The Balaban J connectivity index is 3.46. The molecule has 0 spiro atoms. The van der Waals surface area contributed by atoms with E-state index in [1.54, 1.807) is 6.92 Å². The molecule has 11 heavy (non-hydrogen) atoms. The van der Waals surface area contributed by atoms with Crippen molar-refractivity contribution in [3.05, 3.63) is 16.7 Å². The molecule has 1 aromatic rings. The first-order valence-electron chi connectivity index (χ1n) is 3.00. The van der Waals surface area contributed by atoms with Crippen LogP contribution in [0.5, 0.6) is 11.5 Å². The first kappa shape index (κ1) is 8.01. The summed E-state index contributed by atoms with van der Waals surface area (Å²) in [5.74, 6) is -0.188. The molecule has 0 aliphatic heterocycles. The Hall–Kier alpha value is -1.09. The quantitative estimate of drug-likeness (QED) is 0.318. The molecule has 0 saturated heterocycles. The zero-order chi connectivity index (χ0) is 8.59. The fraction of sp³-hybridized carbons (Fsp3) is 0.143. The predicted octanol–water partition coefficient (Wildman–Crippen LogP) is 1.64. The number of nitrogens with two attached hydrogens (primary N) is 1. The van der Waals surface area contributed by atoms with Crippen molar-refractivity contribution >= 4 is 17.3 Å². The van der Waals surface area contributed by atoms with Gasteiger partial charge < -0.3 is 15.9 Å². The number of phenolic OH excluding ortho intramolecular Hbond substituents is 2. The molecular formula is C7H8ClNO2. The summed E-state index contributed by atoms with van der Waals surface area (Å²) >= 11 is 5.52. The molecule has 0 fully saturated rings. The molecule has 1 aromatic carbocycles. The van der Waals surface area contributed by atoms with Crippen molar-refractivity contribution in [3.63, 3.8) is 0 Å². The standard InChI is InChI=1S/C7H8ClNO2/c1-3-2-4(10)5(8)6(9)7(3)11/h2,10-11H,9H2,1H3. The third kappa shape index (κ3) is 1.19. The summed E-state index contributed by atoms with van der Waals surface area (Å²) in [4.78, 5) is 0. The number of nitrogen functional groups attached to an aromatic ring is 1. The number of benzene rings is 1. The normalized spacial score (nSPS) is 10.0. The molecule has 0 aliphatic carbocycles. The fourth-order valence-corrected chi connectivity index (χ4v) is 0.935. The van der Waals surface area contributed by atoms with E-state index < -0.39 is 0 Å². The van der Waals surface area contributed by atoms with Crippen LogP contribution in [0.25, 0.3) is 0 Å². The lowest BCUT2D eigenvalue weighted by atomic mass is 10.2. The minimum absolute atomic E-state index is 0.00639. The smallest absolute Gasteiger partial charge is 0.143 e. The summed E-state index contributed by atoms with van der Waals surface area (Å²) in [6.07, 6.45) is 0. The fourth-order valence-electron chi connectivity index (χ4n) is 0.791. The lowest BCUT2D eigenvalue weighted by Gasteiger charge is -2.05. The van der Waals surface area contributed by atoms with E-state index in [0.717, 1.165) is 0 Å². The summed E-state index contributed by atoms with van der Waals surface area (Å²) < 4.78 is 0. The van der Waals surface area contributed by atoms with Gasteiger partial charge >= 0.3 is 0 Å². The van der Waals surface area contributed by atoms with Crippen LogP contribution in [-0.4, -0.2) is 10.2 Å². The van der Waals surface area contributed by atoms with Crippen LogP contribution >= 0.6 is 11.6 Å². The van der Waals surface area contributed by atoms with Crippen molar-refractivity contribution < 1.29 is 10.2 Å². The highest BCUT2D eigenvalue weighted by molar-refractivity contribution is 6.34. The second-order valence-corrected chi connectivity index (χ2v) is 2.67. The van der Waals surface area contributed by atoms with E-state index in [-0.39, 0.29) is 22.2 Å². The molecule has 0 aromatic heterocycles. The van der Waals surface area contributed by atoms with E-state index >= 15 is 0 Å². The first-order chi connectivity index (χ1) is 5.04. The SMILES string of the molecule is Cc1cc(O)c(Cl)c(N)c1O. The number of phenols is 2. The minimum atomic E-state index is -0.112. The predicted molar refractivity (Wildman–Crippen MR) is 43.9 cm³/mol. The Kier molecular flexibility index (Phi) is 1.83. The summed E-state index contributed by atoms with van der Waals surface area (Å²) in [6, 6.07) is 1.36. The van der Waals surface area contributed by atoms with Gasteiger partial charge in [-0.3, -0.25) is 0 Å². The van der Waals surface area contributed by atoms with Gasteiger partial charge in [0.2, 0.25) is 0 Å². The highest BCUT2D eigenvalue weighted by Gasteiger charge is 2.09. The van der Waals surface area contributed by atoms with Crippen molar-refractivity contribution in [2.45, 2.75) is 6.92 Å². The molecule has 0 atom stereocenters. The summed E-state index contributed by atoms with van der Waals surface area (Å²) in [5, 5.41) is 18.3. The molecule has 3 nitrogen and oxygen atoms in total. The second-order valence-electron chi connectivity index (χ2n) is 2.29. The number of rotatable bonds is 0. The number of aromatic hydroxyl groups is 2. The number of hydrogen-bond donors (Lipinski definition) is 3. The largest absolute Gasteiger partial charge is 0.506 e. The van der Waals surface area contributed by atoms with Crippen LogP contribution in [0.15, 0.2) is 6.07 Å². The Morgan fingerprint density at radius 3 is 2.55 bits per heavy atom. The Labute approximate surface area is 69.0 Å². The van der Waals surface area contributed by atoms with Crippen LogP contribution in [0.2, 0.25) is 5.02 Å². The highest BCUT2D eigenvalue weighted by atomic mass is 35.5. The topological polar surface area (TPSA) is 66.5 Å². The number of hydrogen-bond acceptors (Lipinski definition) is 3. The average Bonchev–Trinajstić information content (AvgIpc) is 1.97. The maximum Gasteiger partial charge on any atom is 0.143 e. The van der Waals surface area contributed by atoms with Gasteiger partial charge in [0.25, 0.3) is 0 Å². The number of aryl methyl sites for hydroxylation is 1. The van der Waals surface area contributed by atoms with Gasteiger partial charge in [0.15, 0.2) is 0 Å². The summed E-state index contributed by atoms with van der Waals surface area (Å²) in [6.45, 7) is 1.63. The van der Waals surface area contributed by atoms with Crippen LogP contribution in [-0.2, 0) is 0 Å². The van der Waals surface area contributed by atoms with Gasteiger partial charge in [-0.05, 0) is 18.6 Å². The van der Waals surface area contributed by atoms with Crippen molar-refractivity contribution in [3.8, 4) is 11.5 Å². The van der Waals surface area contributed by atoms with Gasteiger partial charge in [-0.1, -0.05) is 11.6 Å². The maximum atomic E-state index is 9.19. The van der Waals surface area contributed by atoms with Gasteiger partial charge in [-0.25, -0.2) is 0 Å². The third-order valence-electron chi connectivity index (χ3n) is 1.44. The van der Waals surface area contributed by atoms with Crippen LogP contribution in [0.1, 0.15) is 5.56 Å². The van der Waals surface area contributed by atoms with Crippen LogP contribution < -0.4 is 5.73 Å². The zero-order valence-electron chi connectivity index (χ0n) is 5.93. The molecule has 0 radical (unpaired) electrons. The van der Waals surface area contributed by atoms with Gasteiger partial charge in [0, 0.05) is 0 Å². The van der Waals surface area contributed by atoms with Gasteiger partial charge in [-0.15, -0.1) is 0 Å². The van der Waals surface area contributed by atoms with Gasteiger partial charge in [0.1, 0.15) is 16.5 Å². The van der Waals surface area contributed by atoms with E-state index in [1.165, 1.54) is 6.07 Å². The molecule has 0 bridgehead atoms.